The summed E-state index contributed by atoms with van der Waals surface area (Å²) in [6.07, 6.45) is 1.69. The van der Waals surface area contributed by atoms with Crippen LogP contribution >= 0.6 is 11.6 Å². The number of alkyl halides is 3. The number of allylic oxidation sites excluding steroid dienone is 4. The Hall–Kier alpha value is -4.17. The molecule has 0 bridgehead atoms. The van der Waals surface area contributed by atoms with Gasteiger partial charge in [0.15, 0.2) is 23.0 Å². The maximum absolute atomic E-state index is 14.2. The van der Waals surface area contributed by atoms with Crippen molar-refractivity contribution in [2.75, 3.05) is 5.32 Å². The number of imidazole rings is 1. The number of rotatable bonds is 6. The van der Waals surface area contributed by atoms with Crippen LogP contribution in [0.2, 0.25) is 5.02 Å². The number of hydrogen-bond acceptors (Lipinski definition) is 8. The summed E-state index contributed by atoms with van der Waals surface area (Å²) in [4.78, 5) is 21.5. The van der Waals surface area contributed by atoms with Crippen LogP contribution in [0.4, 0.5) is 29.2 Å². The third-order valence-electron chi connectivity index (χ3n) is 6.31. The number of ether oxygens (including phenoxy) is 1. The van der Waals surface area contributed by atoms with Crippen LogP contribution in [0.15, 0.2) is 58.9 Å². The SMILES string of the molecule is Cn1c(Nc2cc(C(F)(F)F)cn([C@H]3C[C@H](O)C3)c2=O)nc2ncc(O/C(C=N)=C3/NC=CC=C3F)c(Cl)c21. The van der Waals surface area contributed by atoms with Crippen molar-refractivity contribution < 1.29 is 27.4 Å². The first-order valence-corrected chi connectivity index (χ1v) is 11.9. The fourth-order valence-electron chi connectivity index (χ4n) is 4.20. The van der Waals surface area contributed by atoms with Crippen LogP contribution < -0.4 is 20.9 Å². The minimum Gasteiger partial charge on any atom is -0.450 e. The van der Waals surface area contributed by atoms with Gasteiger partial charge in [-0.3, -0.25) is 4.79 Å². The number of nitrogens with one attached hydrogen (secondary N) is 3. The number of aryl methyl sites for hydroxylation is 1. The molecule has 0 radical (unpaired) electrons. The highest BCUT2D eigenvalue weighted by molar-refractivity contribution is 6.36. The number of nitrogens with zero attached hydrogens (tertiary/aromatic N) is 4. The van der Waals surface area contributed by atoms with E-state index in [-0.39, 0.29) is 57.9 Å². The molecule has 4 N–H and O–H groups in total. The summed E-state index contributed by atoms with van der Waals surface area (Å²) < 4.78 is 63.0. The fourth-order valence-corrected chi connectivity index (χ4v) is 4.50. The number of anilines is 2. The first-order chi connectivity index (χ1) is 18.5. The van der Waals surface area contributed by atoms with Crippen molar-refractivity contribution in [1.29, 1.82) is 5.41 Å². The molecule has 10 nitrogen and oxygen atoms in total. The van der Waals surface area contributed by atoms with Gasteiger partial charge in [0.25, 0.3) is 5.56 Å². The summed E-state index contributed by atoms with van der Waals surface area (Å²) >= 11 is 6.53. The number of aliphatic hydroxyl groups excluding tert-OH is 1. The normalized spacial score (nSPS) is 20.2. The maximum Gasteiger partial charge on any atom is 0.417 e. The van der Waals surface area contributed by atoms with Crippen LogP contribution in [0.1, 0.15) is 24.4 Å². The molecule has 0 atom stereocenters. The summed E-state index contributed by atoms with van der Waals surface area (Å²) in [5.41, 5.74) is -1.96. The molecule has 0 unspecified atom stereocenters. The topological polar surface area (TPSA) is 130 Å². The van der Waals surface area contributed by atoms with E-state index >= 15 is 0 Å². The number of fused-ring (bicyclic) bond motifs is 1. The van der Waals surface area contributed by atoms with Crippen molar-refractivity contribution in [1.82, 2.24) is 24.4 Å². The second kappa shape index (κ2) is 9.85. The number of aliphatic hydroxyl groups is 1. The number of aromatic nitrogens is 4. The predicted octanol–water partition coefficient (Wildman–Crippen LogP) is 4.45. The smallest absolute Gasteiger partial charge is 0.417 e. The summed E-state index contributed by atoms with van der Waals surface area (Å²) in [7, 11) is 1.50. The lowest BCUT2D eigenvalue weighted by molar-refractivity contribution is -0.138. The molecule has 1 aliphatic carbocycles. The van der Waals surface area contributed by atoms with Gasteiger partial charge in [-0.2, -0.15) is 18.2 Å². The lowest BCUT2D eigenvalue weighted by Crippen LogP contribution is -2.37. The summed E-state index contributed by atoms with van der Waals surface area (Å²) in [6, 6.07) is 0.116. The second-order valence-corrected chi connectivity index (χ2v) is 9.24. The second-order valence-electron chi connectivity index (χ2n) is 8.86. The van der Waals surface area contributed by atoms with E-state index in [1.807, 2.05) is 0 Å². The highest BCUT2D eigenvalue weighted by Gasteiger charge is 2.36. The van der Waals surface area contributed by atoms with Gasteiger partial charge in [-0.25, -0.2) is 9.37 Å². The van der Waals surface area contributed by atoms with Gasteiger partial charge >= 0.3 is 6.18 Å². The van der Waals surface area contributed by atoms with Gasteiger partial charge in [0.2, 0.25) is 5.95 Å². The Morgan fingerprint density at radius 3 is 2.77 bits per heavy atom. The zero-order valence-electron chi connectivity index (χ0n) is 20.1. The minimum absolute atomic E-state index is 0.0244. The van der Waals surface area contributed by atoms with E-state index in [1.54, 1.807) is 0 Å². The molecule has 1 saturated carbocycles. The molecule has 0 aromatic carbocycles. The average Bonchev–Trinajstić information content (AvgIpc) is 3.18. The third kappa shape index (κ3) is 4.88. The van der Waals surface area contributed by atoms with Crippen LogP contribution in [-0.4, -0.2) is 36.5 Å². The van der Waals surface area contributed by atoms with Crippen LogP contribution in [0.3, 0.4) is 0 Å². The zero-order chi connectivity index (χ0) is 28.1. The number of hydrogen-bond donors (Lipinski definition) is 4. The Morgan fingerprint density at radius 1 is 1.38 bits per heavy atom. The molecule has 3 aromatic rings. The standard InChI is InChI=1S/C24H20ClF4N7O3/c1-35-20-18(25)17(39-16(8-30)19-14(26)3-2-4-31-19)9-32-21(20)34-23(35)33-15-5-11(24(27,28)29)10-36(22(15)38)12-6-13(37)7-12/h2-5,8-10,12-13,30-31,37H,6-7H2,1H3,(H,32,33,34)/b19-16+,30-8?/t12-,13-. The lowest BCUT2D eigenvalue weighted by atomic mass is 9.89. The molecule has 0 saturated heterocycles. The lowest BCUT2D eigenvalue weighted by Gasteiger charge is -2.33. The van der Waals surface area contributed by atoms with Gasteiger partial charge in [0.1, 0.15) is 21.9 Å². The highest BCUT2D eigenvalue weighted by atomic mass is 35.5. The van der Waals surface area contributed by atoms with Crippen molar-refractivity contribution in [3.05, 3.63) is 75.0 Å². The molecule has 0 amide bonds. The molecule has 39 heavy (non-hydrogen) atoms. The van der Waals surface area contributed by atoms with Crippen molar-refractivity contribution in [3.8, 4) is 5.75 Å². The quantitative estimate of drug-likeness (QED) is 0.197. The van der Waals surface area contributed by atoms with Crippen molar-refractivity contribution in [2.45, 2.75) is 31.2 Å². The molecule has 4 heterocycles. The summed E-state index contributed by atoms with van der Waals surface area (Å²) in [5.74, 6) is -0.940. The molecular weight excluding hydrogens is 546 g/mol. The van der Waals surface area contributed by atoms with Crippen LogP contribution in [0, 0.1) is 5.41 Å². The summed E-state index contributed by atoms with van der Waals surface area (Å²) in [5, 5.41) is 22.5. The molecule has 0 spiro atoms. The Balaban J connectivity index is 1.53. The fraction of sp³-hybridized carbons (Fsp3) is 0.250. The zero-order valence-corrected chi connectivity index (χ0v) is 20.8. The largest absolute Gasteiger partial charge is 0.450 e. The Kier molecular flexibility index (Phi) is 6.68. The van der Waals surface area contributed by atoms with Crippen molar-refractivity contribution >= 4 is 40.6 Å². The Bertz CT molecular complexity index is 1640. The molecule has 2 aliphatic rings. The van der Waals surface area contributed by atoms with Gasteiger partial charge in [-0.1, -0.05) is 11.6 Å². The van der Waals surface area contributed by atoms with Crippen molar-refractivity contribution in [2.24, 2.45) is 7.05 Å². The average molecular weight is 566 g/mol. The monoisotopic (exact) mass is 565 g/mol. The highest BCUT2D eigenvalue weighted by Crippen LogP contribution is 2.37. The van der Waals surface area contributed by atoms with Crippen LogP contribution in [0.25, 0.3) is 11.2 Å². The summed E-state index contributed by atoms with van der Waals surface area (Å²) in [6.45, 7) is 0. The van der Waals surface area contributed by atoms with E-state index in [9.17, 15) is 27.5 Å². The van der Waals surface area contributed by atoms with Gasteiger partial charge < -0.3 is 35.0 Å². The molecule has 15 heteroatoms. The van der Waals surface area contributed by atoms with E-state index in [0.717, 1.165) is 17.0 Å². The van der Waals surface area contributed by atoms with E-state index in [4.69, 9.17) is 21.7 Å². The van der Waals surface area contributed by atoms with Gasteiger partial charge in [-0.05, 0) is 31.1 Å². The van der Waals surface area contributed by atoms with E-state index < -0.39 is 35.3 Å². The van der Waals surface area contributed by atoms with Gasteiger partial charge in [-0.15, -0.1) is 0 Å². The number of pyridine rings is 2. The van der Waals surface area contributed by atoms with E-state index in [2.05, 4.69) is 20.6 Å². The first kappa shape index (κ1) is 26.4. The third-order valence-corrected chi connectivity index (χ3v) is 6.67. The molecule has 204 valence electrons. The van der Waals surface area contributed by atoms with E-state index in [0.29, 0.717) is 6.07 Å². The van der Waals surface area contributed by atoms with Crippen LogP contribution in [0.5, 0.6) is 5.75 Å². The molecule has 5 rings (SSSR count). The predicted molar refractivity (Wildman–Crippen MR) is 135 cm³/mol. The number of halogens is 5. The van der Waals surface area contributed by atoms with E-state index in [1.165, 1.54) is 36.2 Å². The van der Waals surface area contributed by atoms with Gasteiger partial charge in [0, 0.05) is 25.5 Å². The van der Waals surface area contributed by atoms with Crippen molar-refractivity contribution in [3.63, 3.8) is 0 Å². The van der Waals surface area contributed by atoms with Gasteiger partial charge in [0.05, 0.1) is 24.1 Å². The molecule has 1 fully saturated rings. The molecule has 3 aromatic heterocycles. The maximum atomic E-state index is 14.2. The Labute approximate surface area is 222 Å². The molecule has 1 aliphatic heterocycles. The molecular formula is C24H20ClF4N7O3. The van der Waals surface area contributed by atoms with Crippen LogP contribution in [-0.2, 0) is 13.2 Å². The minimum atomic E-state index is -4.73. The number of dihydropyridines is 1. The first-order valence-electron chi connectivity index (χ1n) is 11.5. The Morgan fingerprint density at radius 2 is 2.13 bits per heavy atom.